The summed E-state index contributed by atoms with van der Waals surface area (Å²) in [5.41, 5.74) is 5.34. The van der Waals surface area contributed by atoms with Crippen LogP contribution in [0.25, 0.3) is 0 Å². The van der Waals surface area contributed by atoms with Crippen LogP contribution in [0.15, 0.2) is 60.8 Å². The lowest BCUT2D eigenvalue weighted by atomic mass is 10.1. The normalized spacial score (nSPS) is 15.8. The van der Waals surface area contributed by atoms with E-state index in [0.717, 1.165) is 51.4 Å². The smallest absolute Gasteiger partial charge is 0.457 e. The van der Waals surface area contributed by atoms with E-state index >= 15 is 0 Å². The van der Waals surface area contributed by atoms with E-state index < -0.39 is 44.8 Å². The van der Waals surface area contributed by atoms with Gasteiger partial charge in [-0.15, -0.1) is 0 Å². The van der Waals surface area contributed by atoms with Crippen molar-refractivity contribution in [3.05, 3.63) is 60.8 Å². The molecule has 0 rings (SSSR count). The van der Waals surface area contributed by atoms with Crippen molar-refractivity contribution < 1.29 is 48.1 Å². The minimum atomic E-state index is -4.38. The number of allylic oxidation sites excluding steroid dienone is 8. The topological polar surface area (TPSA) is 178 Å². The van der Waals surface area contributed by atoms with E-state index in [9.17, 15) is 29.6 Å². The van der Waals surface area contributed by atoms with E-state index in [2.05, 4.69) is 26.0 Å². The minimum absolute atomic E-state index is 0.0141. The molecule has 0 amide bonds. The van der Waals surface area contributed by atoms with Gasteiger partial charge in [0.2, 0.25) is 0 Å². The molecule has 0 aromatic rings. The first kappa shape index (κ1) is 53.1. The average molecular weight is 800 g/mol. The maximum absolute atomic E-state index is 12.6. The highest BCUT2D eigenvalue weighted by atomic mass is 31.2. The zero-order valence-corrected chi connectivity index (χ0v) is 35.1. The van der Waals surface area contributed by atoms with Gasteiger partial charge < -0.3 is 35.4 Å². The standard InChI is InChI=1S/C43H78NO10P/c1-3-5-7-8-9-10-11-12-13-14-15-16-17-20-23-27-35-51-37-40(38-53-55(49,50)52-36-34-44)54-43(48)33-28-32-42(47)41(46)31-26-22-19-18-21-25-30-39(45)29-24-6-4-2/h12-13,18-19,21-22,25-26,30-31,39-42,45-47H,3-11,14-17,20,23-24,27-29,32-38,44H2,1-2H3,(H,49,50)/b13-12-,21-18+,22-19-,30-25-,31-26-. The number of hydrogen-bond donors (Lipinski definition) is 5. The predicted octanol–water partition coefficient (Wildman–Crippen LogP) is 9.10. The van der Waals surface area contributed by atoms with Crippen molar-refractivity contribution in [1.29, 1.82) is 0 Å². The van der Waals surface area contributed by atoms with E-state index in [4.69, 9.17) is 24.3 Å². The van der Waals surface area contributed by atoms with Gasteiger partial charge in [-0.1, -0.05) is 152 Å². The Morgan fingerprint density at radius 1 is 0.655 bits per heavy atom. The molecule has 0 aromatic heterocycles. The van der Waals surface area contributed by atoms with Crippen LogP contribution in [0.4, 0.5) is 0 Å². The summed E-state index contributed by atoms with van der Waals surface area (Å²) in [6.45, 7) is 4.30. The lowest BCUT2D eigenvalue weighted by Gasteiger charge is -2.20. The monoisotopic (exact) mass is 800 g/mol. The summed E-state index contributed by atoms with van der Waals surface area (Å²) < 4.78 is 33.1. The first-order valence-electron chi connectivity index (χ1n) is 21.1. The molecule has 5 unspecified atom stereocenters. The van der Waals surface area contributed by atoms with Crippen molar-refractivity contribution in [2.24, 2.45) is 5.73 Å². The largest absolute Gasteiger partial charge is 0.472 e. The molecule has 0 radical (unpaired) electrons. The zero-order valence-electron chi connectivity index (χ0n) is 34.2. The minimum Gasteiger partial charge on any atom is -0.457 e. The highest BCUT2D eigenvalue weighted by Gasteiger charge is 2.25. The number of phosphoric acid groups is 1. The molecule has 0 aliphatic rings. The fraction of sp³-hybridized carbons (Fsp3) is 0.744. The van der Waals surface area contributed by atoms with Crippen molar-refractivity contribution >= 4 is 13.8 Å². The Morgan fingerprint density at radius 3 is 1.85 bits per heavy atom. The molecular formula is C43H78NO10P. The first-order valence-corrected chi connectivity index (χ1v) is 22.6. The van der Waals surface area contributed by atoms with Crippen molar-refractivity contribution in [2.45, 2.75) is 173 Å². The lowest BCUT2D eigenvalue weighted by molar-refractivity contribution is -0.154. The van der Waals surface area contributed by atoms with Crippen LogP contribution < -0.4 is 5.73 Å². The van der Waals surface area contributed by atoms with Crippen LogP contribution in [-0.2, 0) is 27.9 Å². The number of unbranched alkanes of at least 4 members (excludes halogenated alkanes) is 14. The molecule has 0 fully saturated rings. The summed E-state index contributed by atoms with van der Waals surface area (Å²) in [6.07, 6.45) is 36.0. The van der Waals surface area contributed by atoms with E-state index in [1.54, 1.807) is 42.5 Å². The average Bonchev–Trinajstić information content (AvgIpc) is 3.16. The molecule has 0 bridgehead atoms. The summed E-state index contributed by atoms with van der Waals surface area (Å²) in [5, 5.41) is 30.5. The Bertz CT molecular complexity index is 1080. The number of carbonyl (C=O) groups excluding carboxylic acids is 1. The van der Waals surface area contributed by atoms with Gasteiger partial charge in [-0.05, 0) is 51.4 Å². The van der Waals surface area contributed by atoms with Gasteiger partial charge in [-0.3, -0.25) is 13.8 Å². The number of rotatable bonds is 39. The fourth-order valence-corrected chi connectivity index (χ4v) is 6.26. The second-order valence-electron chi connectivity index (χ2n) is 14.1. The maximum atomic E-state index is 12.6. The maximum Gasteiger partial charge on any atom is 0.472 e. The molecule has 0 spiro atoms. The van der Waals surface area contributed by atoms with Crippen LogP contribution in [0, 0.1) is 0 Å². The van der Waals surface area contributed by atoms with Gasteiger partial charge in [0.1, 0.15) is 6.10 Å². The van der Waals surface area contributed by atoms with E-state index in [1.165, 1.54) is 70.3 Å². The Kier molecular flexibility index (Phi) is 37.6. The molecule has 55 heavy (non-hydrogen) atoms. The molecule has 11 nitrogen and oxygen atoms in total. The molecule has 0 aromatic carbocycles. The molecule has 12 heteroatoms. The fourth-order valence-electron chi connectivity index (χ4n) is 5.49. The van der Waals surface area contributed by atoms with Gasteiger partial charge in [0.15, 0.2) is 0 Å². The van der Waals surface area contributed by atoms with Crippen LogP contribution >= 0.6 is 7.82 Å². The van der Waals surface area contributed by atoms with Gasteiger partial charge in [0.25, 0.3) is 0 Å². The zero-order chi connectivity index (χ0) is 40.7. The van der Waals surface area contributed by atoms with E-state index in [-0.39, 0.29) is 39.0 Å². The number of carbonyl (C=O) groups is 1. The van der Waals surface area contributed by atoms with Crippen LogP contribution in [0.1, 0.15) is 149 Å². The van der Waals surface area contributed by atoms with Crippen molar-refractivity contribution in [1.82, 2.24) is 0 Å². The third kappa shape index (κ3) is 37.4. The molecule has 320 valence electrons. The van der Waals surface area contributed by atoms with Crippen LogP contribution in [0.2, 0.25) is 0 Å². The molecule has 0 saturated carbocycles. The molecule has 0 aliphatic carbocycles. The Morgan fingerprint density at radius 2 is 1.22 bits per heavy atom. The van der Waals surface area contributed by atoms with Crippen molar-refractivity contribution in [3.63, 3.8) is 0 Å². The number of aliphatic hydroxyl groups is 3. The number of ether oxygens (including phenoxy) is 2. The van der Waals surface area contributed by atoms with Crippen LogP contribution in [0.5, 0.6) is 0 Å². The van der Waals surface area contributed by atoms with Crippen LogP contribution in [-0.4, -0.2) is 83.6 Å². The Hall–Kier alpha value is -1.92. The quantitative estimate of drug-likeness (QED) is 0.0132. The predicted molar refractivity (Wildman–Crippen MR) is 224 cm³/mol. The SMILES string of the molecule is CCCCCCCC/C=C\CCCCCCCCOCC(COP(=O)(O)OCCN)OC(=O)CCCC(O)C(O)\C=C/C=C\C=C\C=C/C(O)CCCCC. The Labute approximate surface area is 333 Å². The third-order valence-corrected chi connectivity index (χ3v) is 9.76. The molecule has 0 aliphatic heterocycles. The first-order chi connectivity index (χ1) is 26.6. The highest BCUT2D eigenvalue weighted by Crippen LogP contribution is 2.43. The van der Waals surface area contributed by atoms with E-state index in [1.807, 2.05) is 0 Å². The summed E-state index contributed by atoms with van der Waals surface area (Å²) in [4.78, 5) is 22.5. The van der Waals surface area contributed by atoms with Crippen molar-refractivity contribution in [2.75, 3.05) is 33.0 Å². The Balaban J connectivity index is 4.42. The van der Waals surface area contributed by atoms with Gasteiger partial charge in [0.05, 0.1) is 38.1 Å². The van der Waals surface area contributed by atoms with Gasteiger partial charge in [-0.2, -0.15) is 0 Å². The van der Waals surface area contributed by atoms with E-state index in [0.29, 0.717) is 6.61 Å². The summed E-state index contributed by atoms with van der Waals surface area (Å²) in [6, 6.07) is 0. The second-order valence-corrected chi connectivity index (χ2v) is 15.5. The van der Waals surface area contributed by atoms with Crippen molar-refractivity contribution in [3.8, 4) is 0 Å². The van der Waals surface area contributed by atoms with Gasteiger partial charge in [0, 0.05) is 19.6 Å². The molecule has 0 heterocycles. The van der Waals surface area contributed by atoms with Gasteiger partial charge >= 0.3 is 13.8 Å². The number of esters is 1. The number of phosphoric ester groups is 1. The molecule has 5 atom stereocenters. The number of nitrogens with two attached hydrogens (primary N) is 1. The lowest BCUT2D eigenvalue weighted by Crippen LogP contribution is -2.29. The molecule has 6 N–H and O–H groups in total. The summed E-state index contributed by atoms with van der Waals surface area (Å²) >= 11 is 0. The van der Waals surface area contributed by atoms with Crippen LogP contribution in [0.3, 0.4) is 0 Å². The molecular weight excluding hydrogens is 721 g/mol. The molecule has 0 saturated heterocycles. The summed E-state index contributed by atoms with van der Waals surface area (Å²) in [5.74, 6) is -0.584. The summed E-state index contributed by atoms with van der Waals surface area (Å²) in [7, 11) is -4.38. The third-order valence-electron chi connectivity index (χ3n) is 8.77. The second kappa shape index (κ2) is 38.9. The van der Waals surface area contributed by atoms with Gasteiger partial charge in [-0.25, -0.2) is 4.57 Å². The number of hydrogen-bond acceptors (Lipinski definition) is 10. The number of aliphatic hydroxyl groups excluding tert-OH is 3. The highest BCUT2D eigenvalue weighted by molar-refractivity contribution is 7.47.